The van der Waals surface area contributed by atoms with Gasteiger partial charge in [0.15, 0.2) is 0 Å². The summed E-state index contributed by atoms with van der Waals surface area (Å²) in [7, 11) is 1.93. The molecule has 1 aliphatic heterocycles. The van der Waals surface area contributed by atoms with E-state index in [0.717, 1.165) is 22.8 Å². The first-order chi connectivity index (χ1) is 8.92. The van der Waals surface area contributed by atoms with Crippen molar-refractivity contribution in [3.63, 3.8) is 0 Å². The standard InChI is InChI=1S/C15H15N3S/c1-6-13-12(8-16)9-19-14(13)15(4)7-10(2)18(5)11(3)17-15/h1,9,17H,2-3,7H2,4-5H3. The lowest BCUT2D eigenvalue weighted by Crippen LogP contribution is -2.48. The van der Waals surface area contributed by atoms with Gasteiger partial charge in [-0.1, -0.05) is 19.1 Å². The molecule has 0 bridgehead atoms. The molecular weight excluding hydrogens is 254 g/mol. The van der Waals surface area contributed by atoms with Gasteiger partial charge in [-0.2, -0.15) is 5.26 Å². The molecule has 1 aromatic heterocycles. The molecule has 1 saturated heterocycles. The van der Waals surface area contributed by atoms with Crippen molar-refractivity contribution in [1.82, 2.24) is 10.2 Å². The normalized spacial score (nSPS) is 22.6. The van der Waals surface area contributed by atoms with Crippen molar-refractivity contribution in [3.05, 3.63) is 46.1 Å². The van der Waals surface area contributed by atoms with Gasteiger partial charge in [0.2, 0.25) is 0 Å². The summed E-state index contributed by atoms with van der Waals surface area (Å²) >= 11 is 1.51. The van der Waals surface area contributed by atoms with Crippen molar-refractivity contribution in [2.75, 3.05) is 7.05 Å². The number of rotatable bonds is 1. The molecule has 0 amide bonds. The molecule has 1 atom stereocenters. The van der Waals surface area contributed by atoms with Crippen molar-refractivity contribution >= 4 is 11.3 Å². The maximum absolute atomic E-state index is 9.09. The largest absolute Gasteiger partial charge is 0.361 e. The van der Waals surface area contributed by atoms with Crippen LogP contribution in [0.25, 0.3) is 0 Å². The molecule has 0 radical (unpaired) electrons. The average Bonchev–Trinajstić information content (AvgIpc) is 2.79. The molecule has 1 aromatic rings. The van der Waals surface area contributed by atoms with Crippen LogP contribution in [-0.4, -0.2) is 11.9 Å². The summed E-state index contributed by atoms with van der Waals surface area (Å²) < 4.78 is 0. The minimum atomic E-state index is -0.359. The Morgan fingerprint density at radius 2 is 2.26 bits per heavy atom. The number of nitrogens with one attached hydrogen (secondary N) is 1. The SMILES string of the molecule is C#Cc1c(C#N)csc1C1(C)CC(=C)N(C)C(=C)N1. The Balaban J connectivity index is 2.50. The molecular formula is C15H15N3S. The molecule has 0 aliphatic carbocycles. The van der Waals surface area contributed by atoms with E-state index in [2.05, 4.69) is 37.4 Å². The lowest BCUT2D eigenvalue weighted by Gasteiger charge is -2.43. The maximum Gasteiger partial charge on any atom is 0.101 e. The van der Waals surface area contributed by atoms with Crippen molar-refractivity contribution in [3.8, 4) is 18.4 Å². The smallest absolute Gasteiger partial charge is 0.101 e. The third-order valence-electron chi connectivity index (χ3n) is 3.41. The molecule has 3 nitrogen and oxygen atoms in total. The van der Waals surface area contributed by atoms with Crippen LogP contribution >= 0.6 is 11.3 Å². The third kappa shape index (κ3) is 2.01. The molecule has 0 spiro atoms. The van der Waals surface area contributed by atoms with Gasteiger partial charge in [0.05, 0.1) is 22.5 Å². The number of hydrogen-bond acceptors (Lipinski definition) is 4. The molecule has 4 heteroatoms. The van der Waals surface area contributed by atoms with Gasteiger partial charge in [-0.3, -0.25) is 0 Å². The number of nitriles is 1. The predicted octanol–water partition coefficient (Wildman–Crippen LogP) is 2.73. The highest BCUT2D eigenvalue weighted by atomic mass is 32.1. The number of nitrogens with zero attached hydrogens (tertiary/aromatic N) is 2. The quantitative estimate of drug-likeness (QED) is 0.797. The van der Waals surface area contributed by atoms with E-state index in [1.807, 2.05) is 11.9 Å². The first kappa shape index (κ1) is 13.3. The summed E-state index contributed by atoms with van der Waals surface area (Å²) in [6.07, 6.45) is 6.28. The third-order valence-corrected chi connectivity index (χ3v) is 4.66. The molecule has 1 fully saturated rings. The Morgan fingerprint density at radius 1 is 1.58 bits per heavy atom. The van der Waals surface area contributed by atoms with Crippen molar-refractivity contribution in [2.45, 2.75) is 18.9 Å². The molecule has 19 heavy (non-hydrogen) atoms. The van der Waals surface area contributed by atoms with Crippen LogP contribution in [-0.2, 0) is 5.54 Å². The molecule has 1 aliphatic rings. The van der Waals surface area contributed by atoms with Crippen molar-refractivity contribution in [1.29, 1.82) is 5.26 Å². The second kappa shape index (κ2) is 4.50. The highest BCUT2D eigenvalue weighted by Crippen LogP contribution is 2.40. The molecule has 0 saturated carbocycles. The fourth-order valence-electron chi connectivity index (χ4n) is 2.29. The predicted molar refractivity (Wildman–Crippen MR) is 78.1 cm³/mol. The van der Waals surface area contributed by atoms with E-state index in [1.165, 1.54) is 11.3 Å². The lowest BCUT2D eigenvalue weighted by atomic mass is 9.88. The van der Waals surface area contributed by atoms with E-state index in [-0.39, 0.29) is 5.54 Å². The van der Waals surface area contributed by atoms with E-state index in [1.54, 1.807) is 5.38 Å². The first-order valence-corrected chi connectivity index (χ1v) is 6.68. The van der Waals surface area contributed by atoms with Crippen LogP contribution in [0.15, 0.2) is 30.1 Å². The second-order valence-corrected chi connectivity index (χ2v) is 5.70. The number of terminal acetylenes is 1. The monoisotopic (exact) mass is 269 g/mol. The summed E-state index contributed by atoms with van der Waals surface area (Å²) in [5, 5.41) is 14.3. The van der Waals surface area contributed by atoms with E-state index >= 15 is 0 Å². The number of hydrogen-bond donors (Lipinski definition) is 1. The van der Waals surface area contributed by atoms with Gasteiger partial charge in [0.1, 0.15) is 6.07 Å². The zero-order valence-corrected chi connectivity index (χ0v) is 11.9. The second-order valence-electron chi connectivity index (χ2n) is 4.82. The average molecular weight is 269 g/mol. The van der Waals surface area contributed by atoms with Crippen LogP contribution in [0.1, 0.15) is 29.3 Å². The van der Waals surface area contributed by atoms with Gasteiger partial charge >= 0.3 is 0 Å². The van der Waals surface area contributed by atoms with Crippen LogP contribution in [0.4, 0.5) is 0 Å². The summed E-state index contributed by atoms with van der Waals surface area (Å²) in [5.41, 5.74) is 1.84. The van der Waals surface area contributed by atoms with Crippen LogP contribution < -0.4 is 5.32 Å². The van der Waals surface area contributed by atoms with Gasteiger partial charge in [0, 0.05) is 29.4 Å². The van der Waals surface area contributed by atoms with Gasteiger partial charge in [-0.15, -0.1) is 17.8 Å². The summed E-state index contributed by atoms with van der Waals surface area (Å²) in [6.45, 7) is 10.1. The van der Waals surface area contributed by atoms with Gasteiger partial charge in [-0.05, 0) is 6.92 Å². The Bertz CT molecular complexity index is 621. The van der Waals surface area contributed by atoms with Crippen LogP contribution in [0, 0.1) is 23.7 Å². The summed E-state index contributed by atoms with van der Waals surface area (Å²) in [5.74, 6) is 3.42. The molecule has 0 aromatic carbocycles. The minimum absolute atomic E-state index is 0.359. The van der Waals surface area contributed by atoms with Crippen LogP contribution in [0.3, 0.4) is 0 Å². The van der Waals surface area contributed by atoms with Crippen LogP contribution in [0.5, 0.6) is 0 Å². The maximum atomic E-state index is 9.09. The lowest BCUT2D eigenvalue weighted by molar-refractivity contribution is 0.272. The van der Waals surface area contributed by atoms with Gasteiger partial charge in [0.25, 0.3) is 0 Å². The first-order valence-electron chi connectivity index (χ1n) is 5.80. The molecule has 1 unspecified atom stereocenters. The van der Waals surface area contributed by atoms with Crippen molar-refractivity contribution in [2.24, 2.45) is 0 Å². The van der Waals surface area contributed by atoms with Gasteiger partial charge < -0.3 is 10.2 Å². The Labute approximate surface area is 117 Å². The fraction of sp³-hybridized carbons (Fsp3) is 0.267. The summed E-state index contributed by atoms with van der Waals surface area (Å²) in [4.78, 5) is 2.91. The van der Waals surface area contributed by atoms with Gasteiger partial charge in [-0.25, -0.2) is 0 Å². The Morgan fingerprint density at radius 3 is 2.79 bits per heavy atom. The molecule has 2 heterocycles. The van der Waals surface area contributed by atoms with E-state index < -0.39 is 0 Å². The highest BCUT2D eigenvalue weighted by molar-refractivity contribution is 7.10. The minimum Gasteiger partial charge on any atom is -0.361 e. The fourth-order valence-corrected chi connectivity index (χ4v) is 3.37. The highest BCUT2D eigenvalue weighted by Gasteiger charge is 2.37. The topological polar surface area (TPSA) is 39.1 Å². The Kier molecular flexibility index (Phi) is 3.14. The molecule has 96 valence electrons. The number of thiophene rings is 1. The van der Waals surface area contributed by atoms with Crippen molar-refractivity contribution < 1.29 is 0 Å². The van der Waals surface area contributed by atoms with Crippen LogP contribution in [0.2, 0.25) is 0 Å². The zero-order valence-electron chi connectivity index (χ0n) is 11.1. The molecule has 1 N–H and O–H groups in total. The summed E-state index contributed by atoms with van der Waals surface area (Å²) in [6, 6.07) is 2.14. The Hall–Kier alpha value is -2.17. The van der Waals surface area contributed by atoms with E-state index in [4.69, 9.17) is 11.7 Å². The van der Waals surface area contributed by atoms with E-state index in [0.29, 0.717) is 11.1 Å². The van der Waals surface area contributed by atoms with E-state index in [9.17, 15) is 0 Å². The molecule has 2 rings (SSSR count). The zero-order chi connectivity index (χ0) is 14.2.